The maximum atomic E-state index is 12.5. The molecule has 2 aromatic carbocycles. The molecule has 0 unspecified atom stereocenters. The van der Waals surface area contributed by atoms with E-state index in [0.717, 1.165) is 0 Å². The molecule has 0 saturated heterocycles. The van der Waals surface area contributed by atoms with Gasteiger partial charge in [0.2, 0.25) is 0 Å². The zero-order chi connectivity index (χ0) is 16.2. The van der Waals surface area contributed by atoms with Crippen molar-refractivity contribution in [2.45, 2.75) is 9.79 Å². The molecule has 3 rings (SSSR count). The highest BCUT2D eigenvalue weighted by Crippen LogP contribution is 2.47. The molecule has 22 heavy (non-hydrogen) atoms. The van der Waals surface area contributed by atoms with Crippen molar-refractivity contribution in [2.75, 3.05) is 0 Å². The van der Waals surface area contributed by atoms with Crippen LogP contribution in [-0.4, -0.2) is 14.1 Å². The van der Waals surface area contributed by atoms with E-state index in [1.54, 1.807) is 0 Å². The minimum absolute atomic E-state index is 0.200. The first-order chi connectivity index (χ1) is 10.3. The fourth-order valence-electron chi connectivity index (χ4n) is 2.21. The SMILES string of the molecule is O=[N+]([O-])c1cc2c(cc1Br)-c1cc(Br)c([N+](=O)[O-])cc1S2=O. The van der Waals surface area contributed by atoms with E-state index in [1.165, 1.54) is 24.3 Å². The molecule has 0 spiro atoms. The first-order valence-corrected chi connectivity index (χ1v) is 8.43. The van der Waals surface area contributed by atoms with Crippen LogP contribution < -0.4 is 0 Å². The number of hydrogen-bond acceptors (Lipinski definition) is 5. The monoisotopic (exact) mass is 446 g/mol. The van der Waals surface area contributed by atoms with E-state index in [2.05, 4.69) is 31.9 Å². The predicted octanol–water partition coefficient (Wildman–Crippen LogP) is 4.18. The van der Waals surface area contributed by atoms with Gasteiger partial charge in [0.05, 0.1) is 39.4 Å². The Balaban J connectivity index is 2.30. The quantitative estimate of drug-likeness (QED) is 0.433. The average molecular weight is 448 g/mol. The molecule has 0 aromatic heterocycles. The van der Waals surface area contributed by atoms with Gasteiger partial charge in [-0.1, -0.05) is 0 Å². The molecule has 1 aliphatic rings. The van der Waals surface area contributed by atoms with Crippen molar-refractivity contribution in [3.05, 3.63) is 53.4 Å². The fourth-order valence-corrected chi connectivity index (χ4v) is 4.60. The predicted molar refractivity (Wildman–Crippen MR) is 85.3 cm³/mol. The zero-order valence-corrected chi connectivity index (χ0v) is 14.4. The van der Waals surface area contributed by atoms with Gasteiger partial charge in [-0.3, -0.25) is 20.2 Å². The number of nitro benzene ring substituents is 2. The van der Waals surface area contributed by atoms with Gasteiger partial charge in [0, 0.05) is 23.3 Å². The lowest BCUT2D eigenvalue weighted by Gasteiger charge is -2.02. The van der Waals surface area contributed by atoms with Crippen molar-refractivity contribution in [3.63, 3.8) is 0 Å². The summed E-state index contributed by atoms with van der Waals surface area (Å²) in [5.41, 5.74) is 0.713. The second kappa shape index (κ2) is 5.21. The summed E-state index contributed by atoms with van der Waals surface area (Å²) in [4.78, 5) is 21.3. The van der Waals surface area contributed by atoms with E-state index in [4.69, 9.17) is 0 Å². The second-order valence-corrected chi connectivity index (χ2v) is 7.51. The standard InChI is InChI=1S/C12H4Br2N2O5S/c13-7-1-5-6-2-8(14)10(16(19)20)4-12(6)22(21)11(5)3-9(7)15(17)18/h1-4H. The van der Waals surface area contributed by atoms with Crippen molar-refractivity contribution in [3.8, 4) is 11.1 Å². The van der Waals surface area contributed by atoms with E-state index < -0.39 is 20.6 Å². The highest BCUT2D eigenvalue weighted by atomic mass is 79.9. The molecule has 112 valence electrons. The van der Waals surface area contributed by atoms with Crippen LogP contribution in [0.2, 0.25) is 0 Å². The van der Waals surface area contributed by atoms with Gasteiger partial charge in [-0.05, 0) is 44.0 Å². The third kappa shape index (κ3) is 2.18. The highest BCUT2D eigenvalue weighted by Gasteiger charge is 2.32. The molecule has 2 aromatic rings. The smallest absolute Gasteiger partial charge is 0.258 e. The number of hydrogen-bond donors (Lipinski definition) is 0. The van der Waals surface area contributed by atoms with Gasteiger partial charge in [-0.15, -0.1) is 0 Å². The van der Waals surface area contributed by atoms with Crippen LogP contribution in [0, 0.1) is 20.2 Å². The lowest BCUT2D eigenvalue weighted by atomic mass is 10.1. The van der Waals surface area contributed by atoms with E-state index in [1.807, 2.05) is 0 Å². The third-order valence-electron chi connectivity index (χ3n) is 3.18. The second-order valence-electron chi connectivity index (χ2n) is 4.38. The lowest BCUT2D eigenvalue weighted by molar-refractivity contribution is -0.386. The molecule has 0 aliphatic carbocycles. The fraction of sp³-hybridized carbons (Fsp3) is 0. The van der Waals surface area contributed by atoms with Crippen LogP contribution in [0.25, 0.3) is 11.1 Å². The summed E-state index contributed by atoms with van der Waals surface area (Å²) >= 11 is 6.24. The topological polar surface area (TPSA) is 103 Å². The molecule has 0 radical (unpaired) electrons. The molecule has 0 saturated carbocycles. The summed E-state index contributed by atoms with van der Waals surface area (Å²) in [5.74, 6) is 0. The number of fused-ring (bicyclic) bond motifs is 3. The number of benzene rings is 2. The molecule has 1 aliphatic heterocycles. The summed E-state index contributed by atoms with van der Waals surface area (Å²) in [6, 6.07) is 5.48. The van der Waals surface area contributed by atoms with Crippen LogP contribution in [0.5, 0.6) is 0 Å². The van der Waals surface area contributed by atoms with E-state index in [0.29, 0.717) is 11.1 Å². The first-order valence-electron chi connectivity index (χ1n) is 5.69. The first kappa shape index (κ1) is 15.3. The van der Waals surface area contributed by atoms with E-state index >= 15 is 0 Å². The third-order valence-corrected chi connectivity index (χ3v) is 5.93. The van der Waals surface area contributed by atoms with Gasteiger partial charge < -0.3 is 0 Å². The number of halogens is 2. The van der Waals surface area contributed by atoms with Gasteiger partial charge in [0.1, 0.15) is 0 Å². The molecule has 0 atom stereocenters. The Kier molecular flexibility index (Phi) is 3.62. The van der Waals surface area contributed by atoms with Crippen molar-refractivity contribution >= 4 is 54.0 Å². The number of rotatable bonds is 2. The minimum atomic E-state index is -1.69. The summed E-state index contributed by atoms with van der Waals surface area (Å²) in [5, 5.41) is 22.0. The average Bonchev–Trinajstić information content (AvgIpc) is 2.69. The van der Waals surface area contributed by atoms with Gasteiger partial charge in [-0.25, -0.2) is 4.21 Å². The Bertz CT molecular complexity index is 828. The summed E-state index contributed by atoms with van der Waals surface area (Å²) in [6.07, 6.45) is 0. The molecule has 7 nitrogen and oxygen atoms in total. The van der Waals surface area contributed by atoms with Crippen LogP contribution in [0.3, 0.4) is 0 Å². The van der Waals surface area contributed by atoms with Crippen LogP contribution in [0.4, 0.5) is 11.4 Å². The van der Waals surface area contributed by atoms with Crippen LogP contribution in [0.1, 0.15) is 0 Å². The van der Waals surface area contributed by atoms with Crippen LogP contribution in [-0.2, 0) is 10.8 Å². The van der Waals surface area contributed by atoms with Gasteiger partial charge in [-0.2, -0.15) is 0 Å². The maximum absolute atomic E-state index is 12.5. The maximum Gasteiger partial charge on any atom is 0.284 e. The highest BCUT2D eigenvalue weighted by molar-refractivity contribution is 9.11. The van der Waals surface area contributed by atoms with Gasteiger partial charge in [0.25, 0.3) is 11.4 Å². The Morgan fingerprint density at radius 2 is 1.18 bits per heavy atom. The lowest BCUT2D eigenvalue weighted by Crippen LogP contribution is -1.93. The Morgan fingerprint density at radius 3 is 1.50 bits per heavy atom. The van der Waals surface area contributed by atoms with Crippen LogP contribution >= 0.6 is 31.9 Å². The van der Waals surface area contributed by atoms with E-state index in [9.17, 15) is 24.4 Å². The number of nitrogens with zero attached hydrogens (tertiary/aromatic N) is 2. The molecule has 0 bridgehead atoms. The molecule has 10 heteroatoms. The summed E-state index contributed by atoms with van der Waals surface area (Å²) < 4.78 is 13.0. The molecular formula is C12H4Br2N2O5S. The zero-order valence-electron chi connectivity index (χ0n) is 10.4. The minimum Gasteiger partial charge on any atom is -0.258 e. The van der Waals surface area contributed by atoms with Crippen LogP contribution in [0.15, 0.2) is 43.0 Å². The van der Waals surface area contributed by atoms with Gasteiger partial charge in [0.15, 0.2) is 0 Å². The Labute approximate surface area is 142 Å². The largest absolute Gasteiger partial charge is 0.284 e. The van der Waals surface area contributed by atoms with Gasteiger partial charge >= 0.3 is 0 Å². The van der Waals surface area contributed by atoms with Crippen molar-refractivity contribution in [1.29, 1.82) is 0 Å². The molecule has 0 amide bonds. The van der Waals surface area contributed by atoms with Crippen molar-refractivity contribution < 1.29 is 14.1 Å². The Hall–Kier alpha value is -1.65. The number of nitro groups is 2. The van der Waals surface area contributed by atoms with Crippen molar-refractivity contribution in [1.82, 2.24) is 0 Å². The summed E-state index contributed by atoms with van der Waals surface area (Å²) in [7, 11) is -1.69. The normalized spacial score (nSPS) is 12.8. The Morgan fingerprint density at radius 1 is 0.818 bits per heavy atom. The molecule has 0 fully saturated rings. The van der Waals surface area contributed by atoms with E-state index in [-0.39, 0.29) is 30.1 Å². The molecule has 1 heterocycles. The van der Waals surface area contributed by atoms with Crippen molar-refractivity contribution in [2.24, 2.45) is 0 Å². The molecular weight excluding hydrogens is 444 g/mol. The molecule has 0 N–H and O–H groups in total. The summed E-state index contributed by atoms with van der Waals surface area (Å²) in [6.45, 7) is 0.